The van der Waals surface area contributed by atoms with Gasteiger partial charge in [0.05, 0.1) is 18.1 Å². The van der Waals surface area contributed by atoms with Gasteiger partial charge in [-0.15, -0.1) is 0 Å². The van der Waals surface area contributed by atoms with Crippen molar-refractivity contribution in [3.63, 3.8) is 0 Å². The number of furan rings is 1. The highest BCUT2D eigenvalue weighted by molar-refractivity contribution is 7.98. The second-order valence-corrected chi connectivity index (χ2v) is 8.12. The smallest absolute Gasteiger partial charge is 0.287 e. The molecule has 30 heavy (non-hydrogen) atoms. The highest BCUT2D eigenvalue weighted by Gasteiger charge is 2.15. The summed E-state index contributed by atoms with van der Waals surface area (Å²) < 4.78 is 7.40. The van der Waals surface area contributed by atoms with Crippen LogP contribution in [0.3, 0.4) is 0 Å². The van der Waals surface area contributed by atoms with Gasteiger partial charge in [-0.2, -0.15) is 5.10 Å². The Kier molecular flexibility index (Phi) is 5.89. The lowest BCUT2D eigenvalue weighted by molar-refractivity contribution is 0.0926. The number of rotatable bonds is 8. The number of nitrogens with one attached hydrogen (secondary N) is 2. The molecule has 9 heteroatoms. The van der Waals surface area contributed by atoms with Crippen LogP contribution in [-0.2, 0) is 6.54 Å². The molecule has 0 saturated heterocycles. The molecule has 0 fully saturated rings. The van der Waals surface area contributed by atoms with E-state index in [0.717, 1.165) is 28.8 Å². The summed E-state index contributed by atoms with van der Waals surface area (Å²) >= 11 is 1.49. The van der Waals surface area contributed by atoms with Crippen molar-refractivity contribution in [3.8, 4) is 0 Å². The number of hydrogen-bond acceptors (Lipinski definition) is 7. The Balaban J connectivity index is 1.47. The van der Waals surface area contributed by atoms with Gasteiger partial charge in [-0.05, 0) is 24.3 Å². The van der Waals surface area contributed by atoms with E-state index in [1.807, 2.05) is 30.5 Å². The van der Waals surface area contributed by atoms with Crippen molar-refractivity contribution in [1.82, 2.24) is 25.1 Å². The molecule has 0 bridgehead atoms. The second kappa shape index (κ2) is 8.74. The lowest BCUT2D eigenvalue weighted by Crippen LogP contribution is -2.27. The van der Waals surface area contributed by atoms with Crippen molar-refractivity contribution in [3.05, 3.63) is 42.3 Å². The van der Waals surface area contributed by atoms with E-state index in [4.69, 9.17) is 4.42 Å². The summed E-state index contributed by atoms with van der Waals surface area (Å²) in [6.45, 7) is 6.01. The average molecular weight is 425 g/mol. The first-order valence-electron chi connectivity index (χ1n) is 9.83. The molecule has 3 aromatic heterocycles. The number of nitrogens with zero attached hydrogens (tertiary/aromatic N) is 4. The molecule has 0 aliphatic heterocycles. The van der Waals surface area contributed by atoms with Gasteiger partial charge in [-0.25, -0.2) is 14.6 Å². The van der Waals surface area contributed by atoms with Gasteiger partial charge in [-0.3, -0.25) is 4.79 Å². The molecular weight excluding hydrogens is 400 g/mol. The summed E-state index contributed by atoms with van der Waals surface area (Å²) in [5.74, 6) is 1.34. The van der Waals surface area contributed by atoms with Gasteiger partial charge in [-0.1, -0.05) is 43.8 Å². The molecule has 0 spiro atoms. The standard InChI is InChI=1S/C21H24N6O2S/c1-13(2)11-23-18-15-12-24-27(19(15)26-21(25-18)30-3)9-8-22-20(28)17-10-14-6-4-5-7-16(14)29-17/h4-7,10,12-13H,8-9,11H2,1-3H3,(H,22,28)(H,23,25,26). The molecule has 1 amide bonds. The fourth-order valence-electron chi connectivity index (χ4n) is 3.08. The quantitative estimate of drug-likeness (QED) is 0.328. The van der Waals surface area contributed by atoms with Crippen LogP contribution < -0.4 is 10.6 Å². The summed E-state index contributed by atoms with van der Waals surface area (Å²) in [5.41, 5.74) is 1.45. The van der Waals surface area contributed by atoms with Gasteiger partial charge in [0, 0.05) is 18.5 Å². The zero-order chi connectivity index (χ0) is 21.1. The molecule has 1 aromatic carbocycles. The fourth-order valence-corrected chi connectivity index (χ4v) is 3.44. The van der Waals surface area contributed by atoms with E-state index in [-0.39, 0.29) is 5.91 Å². The summed E-state index contributed by atoms with van der Waals surface area (Å²) in [7, 11) is 0. The number of carbonyl (C=O) groups excluding carboxylic acids is 1. The first-order valence-corrected chi connectivity index (χ1v) is 11.1. The number of anilines is 1. The van der Waals surface area contributed by atoms with Crippen LogP contribution in [0.2, 0.25) is 0 Å². The minimum absolute atomic E-state index is 0.249. The number of para-hydroxylation sites is 1. The van der Waals surface area contributed by atoms with Crippen LogP contribution in [-0.4, -0.2) is 45.0 Å². The number of hydrogen-bond donors (Lipinski definition) is 2. The molecule has 0 saturated carbocycles. The Bertz CT molecular complexity index is 1150. The summed E-state index contributed by atoms with van der Waals surface area (Å²) in [6.07, 6.45) is 3.71. The molecule has 0 aliphatic rings. The SMILES string of the molecule is CSc1nc(NCC(C)C)c2cnn(CCNC(=O)c3cc4ccccc4o3)c2n1. The van der Waals surface area contributed by atoms with Crippen LogP contribution >= 0.6 is 11.8 Å². The number of carbonyl (C=O) groups is 1. The number of fused-ring (bicyclic) bond motifs is 2. The third kappa shape index (κ3) is 4.25. The number of amides is 1. The molecule has 4 rings (SSSR count). The third-order valence-corrected chi connectivity index (χ3v) is 5.14. The van der Waals surface area contributed by atoms with Crippen LogP contribution in [0, 0.1) is 5.92 Å². The molecule has 156 valence electrons. The molecule has 2 N–H and O–H groups in total. The van der Waals surface area contributed by atoms with Crippen LogP contribution in [0.15, 0.2) is 46.1 Å². The summed E-state index contributed by atoms with van der Waals surface area (Å²) in [4.78, 5) is 21.6. The van der Waals surface area contributed by atoms with E-state index in [9.17, 15) is 4.79 Å². The molecule has 0 aliphatic carbocycles. The van der Waals surface area contributed by atoms with Gasteiger partial charge < -0.3 is 15.1 Å². The first kappa shape index (κ1) is 20.2. The normalized spacial score (nSPS) is 11.5. The van der Waals surface area contributed by atoms with E-state index in [1.165, 1.54) is 11.8 Å². The van der Waals surface area contributed by atoms with Gasteiger partial charge in [0.1, 0.15) is 11.4 Å². The fraction of sp³-hybridized carbons (Fsp3) is 0.333. The molecule has 3 heterocycles. The maximum atomic E-state index is 12.4. The molecule has 8 nitrogen and oxygen atoms in total. The number of thioether (sulfide) groups is 1. The topological polar surface area (TPSA) is 97.9 Å². The first-order chi connectivity index (χ1) is 14.5. The monoisotopic (exact) mass is 424 g/mol. The van der Waals surface area contributed by atoms with E-state index in [2.05, 4.69) is 39.5 Å². The largest absolute Gasteiger partial charge is 0.451 e. The Morgan fingerprint density at radius 2 is 2.10 bits per heavy atom. The van der Waals surface area contributed by atoms with Crippen molar-refractivity contribution in [1.29, 1.82) is 0 Å². The maximum Gasteiger partial charge on any atom is 0.287 e. The van der Waals surface area contributed by atoms with E-state index in [0.29, 0.717) is 35.5 Å². The van der Waals surface area contributed by atoms with Gasteiger partial charge in [0.2, 0.25) is 0 Å². The van der Waals surface area contributed by atoms with Crippen LogP contribution in [0.5, 0.6) is 0 Å². The highest BCUT2D eigenvalue weighted by atomic mass is 32.2. The van der Waals surface area contributed by atoms with Crippen molar-refractivity contribution >= 4 is 45.5 Å². The minimum Gasteiger partial charge on any atom is -0.451 e. The van der Waals surface area contributed by atoms with Gasteiger partial charge in [0.15, 0.2) is 16.6 Å². The van der Waals surface area contributed by atoms with Crippen LogP contribution in [0.1, 0.15) is 24.4 Å². The Morgan fingerprint density at radius 1 is 1.27 bits per heavy atom. The second-order valence-electron chi connectivity index (χ2n) is 7.34. The zero-order valence-electron chi connectivity index (χ0n) is 17.2. The third-order valence-electron chi connectivity index (χ3n) is 4.59. The van der Waals surface area contributed by atoms with Gasteiger partial charge >= 0.3 is 0 Å². The number of aromatic nitrogens is 4. The predicted molar refractivity (Wildman–Crippen MR) is 119 cm³/mol. The molecule has 0 atom stereocenters. The van der Waals surface area contributed by atoms with Crippen molar-refractivity contribution in [2.24, 2.45) is 5.92 Å². The summed E-state index contributed by atoms with van der Waals surface area (Å²) in [5, 5.41) is 13.2. The Labute approximate surface area is 178 Å². The lowest BCUT2D eigenvalue weighted by Gasteiger charge is -2.10. The average Bonchev–Trinajstić information content (AvgIpc) is 3.36. The predicted octanol–water partition coefficient (Wildman–Crippen LogP) is 3.79. The van der Waals surface area contributed by atoms with Crippen molar-refractivity contribution in [2.45, 2.75) is 25.5 Å². The minimum atomic E-state index is -0.249. The van der Waals surface area contributed by atoms with Crippen molar-refractivity contribution < 1.29 is 9.21 Å². The summed E-state index contributed by atoms with van der Waals surface area (Å²) in [6, 6.07) is 9.30. The maximum absolute atomic E-state index is 12.4. The van der Waals surface area contributed by atoms with E-state index in [1.54, 1.807) is 16.9 Å². The lowest BCUT2D eigenvalue weighted by atomic mass is 10.2. The number of benzene rings is 1. The van der Waals surface area contributed by atoms with Crippen LogP contribution in [0.4, 0.5) is 5.82 Å². The van der Waals surface area contributed by atoms with Gasteiger partial charge in [0.25, 0.3) is 5.91 Å². The van der Waals surface area contributed by atoms with E-state index < -0.39 is 0 Å². The van der Waals surface area contributed by atoms with E-state index >= 15 is 0 Å². The Hall–Kier alpha value is -3.07. The van der Waals surface area contributed by atoms with Crippen molar-refractivity contribution in [2.75, 3.05) is 24.7 Å². The Morgan fingerprint density at radius 3 is 2.87 bits per heavy atom. The van der Waals surface area contributed by atoms with Crippen LogP contribution in [0.25, 0.3) is 22.0 Å². The zero-order valence-corrected chi connectivity index (χ0v) is 18.0. The molecule has 0 unspecified atom stereocenters. The highest BCUT2D eigenvalue weighted by Crippen LogP contribution is 2.23. The molecular formula is C21H24N6O2S. The molecule has 4 aromatic rings. The molecule has 0 radical (unpaired) electrons.